The SMILES string of the molecule is O=C(CBr)Nc1ccccc1SC(F)(F)F. The molecule has 0 aliphatic heterocycles. The van der Waals surface area contributed by atoms with E-state index in [1.807, 2.05) is 0 Å². The molecule has 0 aromatic heterocycles. The Morgan fingerprint density at radius 2 is 2.00 bits per heavy atom. The van der Waals surface area contributed by atoms with E-state index in [0.29, 0.717) is 0 Å². The minimum atomic E-state index is -4.37. The number of para-hydroxylation sites is 1. The fraction of sp³-hybridized carbons (Fsp3) is 0.222. The Kier molecular flexibility index (Phi) is 4.67. The number of thioether (sulfide) groups is 1. The molecule has 0 aliphatic carbocycles. The van der Waals surface area contributed by atoms with Gasteiger partial charge in [-0.3, -0.25) is 4.79 Å². The lowest BCUT2D eigenvalue weighted by molar-refractivity contribution is -0.113. The van der Waals surface area contributed by atoms with Gasteiger partial charge < -0.3 is 5.32 Å². The van der Waals surface area contributed by atoms with Gasteiger partial charge in [-0.25, -0.2) is 0 Å². The van der Waals surface area contributed by atoms with Crippen LogP contribution in [0.2, 0.25) is 0 Å². The zero-order valence-corrected chi connectivity index (χ0v) is 10.2. The van der Waals surface area contributed by atoms with E-state index < -0.39 is 11.4 Å². The highest BCUT2D eigenvalue weighted by Crippen LogP contribution is 2.40. The molecule has 0 spiro atoms. The zero-order valence-electron chi connectivity index (χ0n) is 7.84. The molecule has 7 heteroatoms. The largest absolute Gasteiger partial charge is 0.446 e. The van der Waals surface area contributed by atoms with Crippen LogP contribution in [-0.2, 0) is 4.79 Å². The van der Waals surface area contributed by atoms with E-state index in [9.17, 15) is 18.0 Å². The van der Waals surface area contributed by atoms with Gasteiger partial charge in [0.15, 0.2) is 0 Å². The molecule has 1 aromatic carbocycles. The van der Waals surface area contributed by atoms with Crippen LogP contribution in [0.3, 0.4) is 0 Å². The third kappa shape index (κ3) is 4.44. The lowest BCUT2D eigenvalue weighted by atomic mass is 10.3. The van der Waals surface area contributed by atoms with Gasteiger partial charge in [-0.05, 0) is 23.9 Å². The van der Waals surface area contributed by atoms with Crippen molar-refractivity contribution in [1.82, 2.24) is 0 Å². The number of carbonyl (C=O) groups excluding carboxylic acids is 1. The summed E-state index contributed by atoms with van der Waals surface area (Å²) in [6.45, 7) is 0. The molecule has 0 fully saturated rings. The highest BCUT2D eigenvalue weighted by molar-refractivity contribution is 9.09. The summed E-state index contributed by atoms with van der Waals surface area (Å²) in [7, 11) is 0. The number of anilines is 1. The molecule has 0 heterocycles. The summed E-state index contributed by atoms with van der Waals surface area (Å²) in [4.78, 5) is 11.0. The second-order valence-corrected chi connectivity index (χ2v) is 4.39. The summed E-state index contributed by atoms with van der Waals surface area (Å²) < 4.78 is 36.5. The minimum absolute atomic E-state index is 0.0238. The summed E-state index contributed by atoms with van der Waals surface area (Å²) in [6.07, 6.45) is 0. The topological polar surface area (TPSA) is 29.1 Å². The lowest BCUT2D eigenvalue weighted by Crippen LogP contribution is -2.13. The van der Waals surface area contributed by atoms with Crippen molar-refractivity contribution in [2.24, 2.45) is 0 Å². The van der Waals surface area contributed by atoms with Gasteiger partial charge in [-0.2, -0.15) is 13.2 Å². The molecule has 0 aliphatic rings. The normalized spacial score (nSPS) is 11.2. The predicted octanol–water partition coefficient (Wildman–Crippen LogP) is 3.63. The Morgan fingerprint density at radius 3 is 2.56 bits per heavy atom. The van der Waals surface area contributed by atoms with Gasteiger partial charge in [0.1, 0.15) is 0 Å². The summed E-state index contributed by atoms with van der Waals surface area (Å²) in [5.74, 6) is -0.393. The number of nitrogens with one attached hydrogen (secondary N) is 1. The summed E-state index contributed by atoms with van der Waals surface area (Å²) in [5, 5.41) is 2.42. The number of rotatable bonds is 3. The first-order valence-electron chi connectivity index (χ1n) is 4.13. The number of halogens is 4. The highest BCUT2D eigenvalue weighted by Gasteiger charge is 2.30. The van der Waals surface area contributed by atoms with Crippen LogP contribution in [0.1, 0.15) is 0 Å². The molecular weight excluding hydrogens is 307 g/mol. The van der Waals surface area contributed by atoms with Crippen LogP contribution in [0.4, 0.5) is 18.9 Å². The van der Waals surface area contributed by atoms with E-state index >= 15 is 0 Å². The number of hydrogen-bond acceptors (Lipinski definition) is 2. The quantitative estimate of drug-likeness (QED) is 0.682. The average Bonchev–Trinajstić information content (AvgIpc) is 2.18. The molecule has 0 bridgehead atoms. The molecule has 0 unspecified atom stereocenters. The van der Waals surface area contributed by atoms with Crippen LogP contribution in [0.25, 0.3) is 0 Å². The summed E-state index contributed by atoms with van der Waals surface area (Å²) in [5.41, 5.74) is -4.20. The fourth-order valence-electron chi connectivity index (χ4n) is 0.967. The van der Waals surface area contributed by atoms with Crippen molar-refractivity contribution in [2.75, 3.05) is 10.6 Å². The second kappa shape index (κ2) is 5.58. The van der Waals surface area contributed by atoms with Crippen molar-refractivity contribution >= 4 is 39.3 Å². The third-order valence-corrected chi connectivity index (χ3v) is 2.82. The van der Waals surface area contributed by atoms with Gasteiger partial charge in [0.2, 0.25) is 5.91 Å². The van der Waals surface area contributed by atoms with Crippen molar-refractivity contribution < 1.29 is 18.0 Å². The first-order chi connectivity index (χ1) is 7.42. The number of amides is 1. The number of benzene rings is 1. The molecule has 0 saturated heterocycles. The van der Waals surface area contributed by atoms with Gasteiger partial charge in [0, 0.05) is 4.90 Å². The smallest absolute Gasteiger partial charge is 0.324 e. The molecule has 1 rings (SSSR count). The molecule has 0 atom stereocenters. The molecule has 1 aromatic rings. The fourth-order valence-corrected chi connectivity index (χ4v) is 1.73. The Labute approximate surface area is 103 Å². The molecule has 0 radical (unpaired) electrons. The van der Waals surface area contributed by atoms with E-state index in [-0.39, 0.29) is 27.7 Å². The maximum absolute atomic E-state index is 12.2. The standard InChI is InChI=1S/C9H7BrF3NOS/c10-5-8(15)14-6-3-1-2-4-7(6)16-9(11,12)13/h1-4H,5H2,(H,14,15). The van der Waals surface area contributed by atoms with Crippen molar-refractivity contribution in [3.63, 3.8) is 0 Å². The van der Waals surface area contributed by atoms with Gasteiger partial charge in [-0.15, -0.1) is 0 Å². The Balaban J connectivity index is 2.87. The van der Waals surface area contributed by atoms with Crippen molar-refractivity contribution in [1.29, 1.82) is 0 Å². The van der Waals surface area contributed by atoms with E-state index in [2.05, 4.69) is 21.2 Å². The maximum Gasteiger partial charge on any atom is 0.446 e. The summed E-state index contributed by atoms with van der Waals surface area (Å²) in [6, 6.07) is 5.78. The number of alkyl halides is 4. The monoisotopic (exact) mass is 313 g/mol. The maximum atomic E-state index is 12.2. The average molecular weight is 314 g/mol. The van der Waals surface area contributed by atoms with E-state index in [1.54, 1.807) is 6.07 Å². The number of carbonyl (C=O) groups is 1. The van der Waals surface area contributed by atoms with Crippen molar-refractivity contribution in [3.05, 3.63) is 24.3 Å². The molecule has 88 valence electrons. The second-order valence-electron chi connectivity index (χ2n) is 2.73. The first-order valence-corrected chi connectivity index (χ1v) is 6.07. The first kappa shape index (κ1) is 13.4. The van der Waals surface area contributed by atoms with Gasteiger partial charge in [0.25, 0.3) is 0 Å². The van der Waals surface area contributed by atoms with Crippen LogP contribution >= 0.6 is 27.7 Å². The van der Waals surface area contributed by atoms with Crippen LogP contribution in [0.15, 0.2) is 29.2 Å². The Bertz CT molecular complexity index is 383. The molecule has 1 amide bonds. The zero-order chi connectivity index (χ0) is 12.2. The predicted molar refractivity (Wildman–Crippen MR) is 60.8 cm³/mol. The van der Waals surface area contributed by atoms with Crippen molar-refractivity contribution in [2.45, 2.75) is 10.4 Å². The van der Waals surface area contributed by atoms with Crippen molar-refractivity contribution in [3.8, 4) is 0 Å². The van der Waals surface area contributed by atoms with Crippen LogP contribution in [-0.4, -0.2) is 16.7 Å². The lowest BCUT2D eigenvalue weighted by Gasteiger charge is -2.11. The van der Waals surface area contributed by atoms with Gasteiger partial charge in [-0.1, -0.05) is 28.1 Å². The number of hydrogen-bond donors (Lipinski definition) is 1. The van der Waals surface area contributed by atoms with Crippen LogP contribution in [0, 0.1) is 0 Å². The minimum Gasteiger partial charge on any atom is -0.324 e. The van der Waals surface area contributed by atoms with E-state index in [1.165, 1.54) is 18.2 Å². The summed E-state index contributed by atoms with van der Waals surface area (Å²) >= 11 is 2.67. The van der Waals surface area contributed by atoms with Gasteiger partial charge >= 0.3 is 5.51 Å². The molecule has 0 saturated carbocycles. The third-order valence-electron chi connectivity index (χ3n) is 1.51. The van der Waals surface area contributed by atoms with Crippen LogP contribution < -0.4 is 5.32 Å². The molecule has 1 N–H and O–H groups in total. The van der Waals surface area contributed by atoms with Crippen LogP contribution in [0.5, 0.6) is 0 Å². The molecule has 16 heavy (non-hydrogen) atoms. The van der Waals surface area contributed by atoms with E-state index in [0.717, 1.165) is 0 Å². The highest BCUT2D eigenvalue weighted by atomic mass is 79.9. The Morgan fingerprint density at radius 1 is 1.38 bits per heavy atom. The van der Waals surface area contributed by atoms with E-state index in [4.69, 9.17) is 0 Å². The molecule has 2 nitrogen and oxygen atoms in total. The van der Waals surface area contributed by atoms with Gasteiger partial charge in [0.05, 0.1) is 11.0 Å². The molecular formula is C9H7BrF3NOS. The Hall–Kier alpha value is -0.690.